The summed E-state index contributed by atoms with van der Waals surface area (Å²) in [6.45, 7) is 0. The number of primary sulfonamides is 1. The average molecular weight is 245 g/mol. The third-order valence-electron chi connectivity index (χ3n) is 1.71. The molecule has 86 valence electrons. The number of nitrogens with one attached hydrogen (secondary N) is 1. The summed E-state index contributed by atoms with van der Waals surface area (Å²) < 4.78 is 21.9. The number of carbonyl (C=O) groups is 1. The van der Waals surface area contributed by atoms with Crippen LogP contribution in [0.1, 0.15) is 0 Å². The second kappa shape index (κ2) is 4.24. The third-order valence-corrected chi connectivity index (χ3v) is 2.62. The predicted octanol–water partition coefficient (Wildman–Crippen LogP) is -0.189. The standard InChI is InChI=1S/C7H7N3O5S/c8-16(14,15)5-1-2-6(9-4-11)7(3-5)10(12)13/h1-4H,(H,9,11)(H2,8,14,15). The zero-order valence-electron chi connectivity index (χ0n) is 7.78. The van der Waals surface area contributed by atoms with Crippen LogP contribution in [-0.2, 0) is 14.8 Å². The molecule has 0 aliphatic heterocycles. The first-order chi connectivity index (χ1) is 7.36. The van der Waals surface area contributed by atoms with Gasteiger partial charge in [-0.3, -0.25) is 14.9 Å². The fourth-order valence-electron chi connectivity index (χ4n) is 1.03. The van der Waals surface area contributed by atoms with Crippen LogP contribution < -0.4 is 10.5 Å². The number of sulfonamides is 1. The van der Waals surface area contributed by atoms with Crippen LogP contribution >= 0.6 is 0 Å². The van der Waals surface area contributed by atoms with Gasteiger partial charge in [-0.05, 0) is 12.1 Å². The van der Waals surface area contributed by atoms with Crippen LogP contribution in [0.3, 0.4) is 0 Å². The van der Waals surface area contributed by atoms with Gasteiger partial charge in [-0.1, -0.05) is 0 Å². The Kier molecular flexibility index (Phi) is 3.20. The maximum atomic E-state index is 10.9. The van der Waals surface area contributed by atoms with E-state index in [1.807, 2.05) is 0 Å². The molecule has 9 heteroatoms. The van der Waals surface area contributed by atoms with Gasteiger partial charge in [0.1, 0.15) is 5.69 Å². The van der Waals surface area contributed by atoms with Crippen LogP contribution in [0, 0.1) is 10.1 Å². The van der Waals surface area contributed by atoms with E-state index in [0.29, 0.717) is 0 Å². The van der Waals surface area contributed by atoms with Gasteiger partial charge in [0, 0.05) is 6.07 Å². The highest BCUT2D eigenvalue weighted by atomic mass is 32.2. The molecule has 16 heavy (non-hydrogen) atoms. The van der Waals surface area contributed by atoms with Gasteiger partial charge in [0.2, 0.25) is 16.4 Å². The predicted molar refractivity (Wildman–Crippen MR) is 54.2 cm³/mol. The molecule has 0 aliphatic rings. The Bertz CT molecular complexity index is 539. The Labute approximate surface area is 90.3 Å². The van der Waals surface area contributed by atoms with Crippen LogP contribution in [0.15, 0.2) is 23.1 Å². The van der Waals surface area contributed by atoms with Gasteiger partial charge in [-0.15, -0.1) is 0 Å². The molecule has 0 radical (unpaired) electrons. The van der Waals surface area contributed by atoms with E-state index in [9.17, 15) is 23.3 Å². The number of anilines is 1. The van der Waals surface area contributed by atoms with Gasteiger partial charge >= 0.3 is 0 Å². The number of nitro benzene ring substituents is 1. The second-order valence-electron chi connectivity index (χ2n) is 2.74. The van der Waals surface area contributed by atoms with Crippen molar-refractivity contribution in [1.29, 1.82) is 0 Å². The van der Waals surface area contributed by atoms with Crippen molar-refractivity contribution in [3.05, 3.63) is 28.3 Å². The minimum Gasteiger partial charge on any atom is -0.323 e. The number of amides is 1. The van der Waals surface area contributed by atoms with Gasteiger partial charge in [0.15, 0.2) is 0 Å². The molecule has 0 spiro atoms. The zero-order valence-corrected chi connectivity index (χ0v) is 8.60. The van der Waals surface area contributed by atoms with Crippen LogP contribution in [0.5, 0.6) is 0 Å². The molecule has 0 aliphatic carbocycles. The number of carbonyl (C=O) groups excluding carboxylic acids is 1. The van der Waals surface area contributed by atoms with E-state index in [0.717, 1.165) is 18.2 Å². The Morgan fingerprint density at radius 3 is 2.50 bits per heavy atom. The fourth-order valence-corrected chi connectivity index (χ4v) is 1.56. The first-order valence-electron chi connectivity index (χ1n) is 3.87. The number of nitrogens with zero attached hydrogens (tertiary/aromatic N) is 1. The molecule has 0 atom stereocenters. The minimum atomic E-state index is -4.01. The van der Waals surface area contributed by atoms with Crippen LogP contribution in [0.4, 0.5) is 11.4 Å². The van der Waals surface area contributed by atoms with E-state index in [1.54, 1.807) is 0 Å². The molecule has 3 N–H and O–H groups in total. The highest BCUT2D eigenvalue weighted by Gasteiger charge is 2.18. The highest BCUT2D eigenvalue weighted by Crippen LogP contribution is 2.26. The van der Waals surface area contributed by atoms with Crippen molar-refractivity contribution in [3.8, 4) is 0 Å². The molecule has 1 amide bonds. The number of nitrogens with two attached hydrogens (primary N) is 1. The Morgan fingerprint density at radius 1 is 1.44 bits per heavy atom. The molecule has 1 aromatic rings. The van der Waals surface area contributed by atoms with Gasteiger partial charge in [0.25, 0.3) is 5.69 Å². The summed E-state index contributed by atoms with van der Waals surface area (Å²) >= 11 is 0. The molecule has 0 saturated heterocycles. The monoisotopic (exact) mass is 245 g/mol. The minimum absolute atomic E-state index is 0.104. The van der Waals surface area contributed by atoms with Crippen molar-refractivity contribution in [1.82, 2.24) is 0 Å². The maximum Gasteiger partial charge on any atom is 0.294 e. The first-order valence-corrected chi connectivity index (χ1v) is 5.42. The van der Waals surface area contributed by atoms with Crippen LogP contribution in [-0.4, -0.2) is 19.8 Å². The van der Waals surface area contributed by atoms with Crippen molar-refractivity contribution in [3.63, 3.8) is 0 Å². The second-order valence-corrected chi connectivity index (χ2v) is 4.30. The lowest BCUT2D eigenvalue weighted by Crippen LogP contribution is -2.12. The molecular formula is C7H7N3O5S. The Hall–Kier alpha value is -2.00. The molecule has 0 saturated carbocycles. The Balaban J connectivity index is 3.39. The van der Waals surface area contributed by atoms with Gasteiger partial charge in [-0.25, -0.2) is 13.6 Å². The van der Waals surface area contributed by atoms with Crippen molar-refractivity contribution in [2.24, 2.45) is 5.14 Å². The normalized spacial score (nSPS) is 10.8. The van der Waals surface area contributed by atoms with Gasteiger partial charge in [-0.2, -0.15) is 0 Å². The lowest BCUT2D eigenvalue weighted by molar-refractivity contribution is -0.384. The molecule has 0 bridgehead atoms. The van der Waals surface area contributed by atoms with E-state index < -0.39 is 25.5 Å². The largest absolute Gasteiger partial charge is 0.323 e. The summed E-state index contributed by atoms with van der Waals surface area (Å²) in [5, 5.41) is 17.5. The summed E-state index contributed by atoms with van der Waals surface area (Å²) in [6, 6.07) is 2.93. The average Bonchev–Trinajstić information content (AvgIpc) is 2.16. The molecule has 8 nitrogen and oxygen atoms in total. The molecule has 0 heterocycles. The quantitative estimate of drug-likeness (QED) is 0.431. The summed E-state index contributed by atoms with van der Waals surface area (Å²) in [5.41, 5.74) is -0.647. The molecule has 0 unspecified atom stereocenters. The van der Waals surface area contributed by atoms with Crippen molar-refractivity contribution in [2.75, 3.05) is 5.32 Å². The zero-order chi connectivity index (χ0) is 12.3. The Morgan fingerprint density at radius 2 is 2.06 bits per heavy atom. The maximum absolute atomic E-state index is 10.9. The number of hydrogen-bond donors (Lipinski definition) is 2. The van der Waals surface area contributed by atoms with Crippen LogP contribution in [0.25, 0.3) is 0 Å². The van der Waals surface area contributed by atoms with E-state index >= 15 is 0 Å². The van der Waals surface area contributed by atoms with E-state index in [-0.39, 0.29) is 12.1 Å². The summed E-state index contributed by atoms with van der Waals surface area (Å²) in [4.78, 5) is 19.5. The lowest BCUT2D eigenvalue weighted by atomic mass is 10.3. The third kappa shape index (κ3) is 2.52. The van der Waals surface area contributed by atoms with Gasteiger partial charge in [0.05, 0.1) is 9.82 Å². The van der Waals surface area contributed by atoms with Gasteiger partial charge < -0.3 is 5.32 Å². The summed E-state index contributed by atoms with van der Waals surface area (Å²) in [6.07, 6.45) is 0.249. The lowest BCUT2D eigenvalue weighted by Gasteiger charge is -2.02. The number of rotatable bonds is 4. The smallest absolute Gasteiger partial charge is 0.294 e. The van der Waals surface area contributed by atoms with Crippen LogP contribution in [0.2, 0.25) is 0 Å². The topological polar surface area (TPSA) is 132 Å². The van der Waals surface area contributed by atoms with Crippen molar-refractivity contribution in [2.45, 2.75) is 4.90 Å². The fraction of sp³-hybridized carbons (Fsp3) is 0. The van der Waals surface area contributed by atoms with E-state index in [2.05, 4.69) is 5.32 Å². The number of hydrogen-bond acceptors (Lipinski definition) is 5. The first kappa shape index (κ1) is 12.1. The SMILES string of the molecule is NS(=O)(=O)c1ccc(NC=O)c([N+](=O)[O-])c1. The van der Waals surface area contributed by atoms with Crippen molar-refractivity contribution >= 4 is 27.8 Å². The number of benzene rings is 1. The highest BCUT2D eigenvalue weighted by molar-refractivity contribution is 7.89. The van der Waals surface area contributed by atoms with E-state index in [4.69, 9.17) is 5.14 Å². The van der Waals surface area contributed by atoms with E-state index in [1.165, 1.54) is 0 Å². The number of nitro groups is 1. The van der Waals surface area contributed by atoms with Crippen molar-refractivity contribution < 1.29 is 18.1 Å². The summed E-state index contributed by atoms with van der Waals surface area (Å²) in [5.74, 6) is 0. The summed E-state index contributed by atoms with van der Waals surface area (Å²) in [7, 11) is -4.01. The molecule has 0 aromatic heterocycles. The molecule has 1 rings (SSSR count). The molecule has 1 aromatic carbocycles. The molecular weight excluding hydrogens is 238 g/mol. The molecule has 0 fully saturated rings.